The number of hydrogen-bond acceptors (Lipinski definition) is 5. The zero-order chi connectivity index (χ0) is 15.5. The van der Waals surface area contributed by atoms with Gasteiger partial charge >= 0.3 is 6.09 Å². The van der Waals surface area contributed by atoms with E-state index in [1.807, 2.05) is 20.8 Å². The molecule has 2 aliphatic heterocycles. The van der Waals surface area contributed by atoms with Crippen molar-refractivity contribution in [1.29, 1.82) is 0 Å². The van der Waals surface area contributed by atoms with E-state index >= 15 is 0 Å². The van der Waals surface area contributed by atoms with Crippen LogP contribution in [-0.4, -0.2) is 73.0 Å². The van der Waals surface area contributed by atoms with Gasteiger partial charge in [0.15, 0.2) is 0 Å². The predicted molar refractivity (Wildman–Crippen MR) is 81.2 cm³/mol. The lowest BCUT2D eigenvalue weighted by Gasteiger charge is -2.45. The number of nitrogens with two attached hydrogens (primary N) is 1. The molecule has 2 rings (SSSR count). The molecule has 0 radical (unpaired) electrons. The quantitative estimate of drug-likeness (QED) is 0.825. The lowest BCUT2D eigenvalue weighted by molar-refractivity contribution is -0.0251. The number of ether oxygens (including phenoxy) is 2. The summed E-state index contributed by atoms with van der Waals surface area (Å²) in [6.45, 7) is 10.1. The molecule has 1 amide bonds. The van der Waals surface area contributed by atoms with Crippen LogP contribution in [0, 0.1) is 0 Å². The smallest absolute Gasteiger partial charge is 0.410 e. The Balaban J connectivity index is 1.92. The molecule has 0 bridgehead atoms. The molecule has 122 valence electrons. The van der Waals surface area contributed by atoms with Gasteiger partial charge in [-0.05, 0) is 33.6 Å². The van der Waals surface area contributed by atoms with Crippen LogP contribution in [0.4, 0.5) is 4.79 Å². The van der Waals surface area contributed by atoms with Crippen LogP contribution in [0.15, 0.2) is 0 Å². The van der Waals surface area contributed by atoms with Gasteiger partial charge in [-0.2, -0.15) is 0 Å². The van der Waals surface area contributed by atoms with Gasteiger partial charge < -0.3 is 20.1 Å². The summed E-state index contributed by atoms with van der Waals surface area (Å²) >= 11 is 0. The zero-order valence-corrected chi connectivity index (χ0v) is 13.5. The summed E-state index contributed by atoms with van der Waals surface area (Å²) in [5.41, 5.74) is 5.49. The average Bonchev–Trinajstić information content (AvgIpc) is 2.45. The van der Waals surface area contributed by atoms with Crippen molar-refractivity contribution in [2.45, 2.75) is 51.3 Å². The van der Waals surface area contributed by atoms with Gasteiger partial charge in [-0.1, -0.05) is 0 Å². The predicted octanol–water partition coefficient (Wildman–Crippen LogP) is 1.05. The van der Waals surface area contributed by atoms with Gasteiger partial charge in [-0.25, -0.2) is 4.79 Å². The highest BCUT2D eigenvalue weighted by molar-refractivity contribution is 5.68. The summed E-state index contributed by atoms with van der Waals surface area (Å²) in [6, 6.07) is 0.752. The van der Waals surface area contributed by atoms with E-state index in [0.717, 1.165) is 32.6 Å². The Morgan fingerprint density at radius 2 is 1.95 bits per heavy atom. The van der Waals surface area contributed by atoms with Crippen molar-refractivity contribution >= 4 is 6.09 Å². The molecule has 0 aromatic carbocycles. The molecule has 0 spiro atoms. The van der Waals surface area contributed by atoms with Gasteiger partial charge in [-0.3, -0.25) is 4.90 Å². The first-order chi connectivity index (χ1) is 9.90. The number of nitrogens with zero attached hydrogens (tertiary/aromatic N) is 2. The first kappa shape index (κ1) is 16.5. The maximum atomic E-state index is 12.2. The molecule has 0 aromatic heterocycles. The summed E-state index contributed by atoms with van der Waals surface area (Å²) in [5, 5.41) is 0. The molecule has 6 nitrogen and oxygen atoms in total. The Kier molecular flexibility index (Phi) is 5.46. The first-order valence-corrected chi connectivity index (χ1v) is 7.92. The van der Waals surface area contributed by atoms with E-state index in [4.69, 9.17) is 15.2 Å². The van der Waals surface area contributed by atoms with Crippen LogP contribution < -0.4 is 5.73 Å². The topological polar surface area (TPSA) is 68.0 Å². The maximum absolute atomic E-state index is 12.2. The summed E-state index contributed by atoms with van der Waals surface area (Å²) < 4.78 is 10.9. The minimum atomic E-state index is -0.451. The fourth-order valence-corrected chi connectivity index (χ4v) is 3.07. The van der Waals surface area contributed by atoms with Crippen molar-refractivity contribution in [3.63, 3.8) is 0 Å². The number of piperazine rings is 1. The molecule has 21 heavy (non-hydrogen) atoms. The van der Waals surface area contributed by atoms with Crippen LogP contribution in [0.3, 0.4) is 0 Å². The molecular formula is C15H29N3O3. The molecule has 0 aromatic rings. The minimum absolute atomic E-state index is 0.217. The molecule has 2 heterocycles. The van der Waals surface area contributed by atoms with E-state index in [1.54, 1.807) is 4.90 Å². The molecule has 6 heteroatoms. The van der Waals surface area contributed by atoms with Crippen LogP contribution >= 0.6 is 0 Å². The molecule has 1 unspecified atom stereocenters. The third kappa shape index (κ3) is 4.56. The normalized spacial score (nSPS) is 25.9. The van der Waals surface area contributed by atoms with Gasteiger partial charge in [0.25, 0.3) is 0 Å². The van der Waals surface area contributed by atoms with Crippen molar-refractivity contribution < 1.29 is 14.3 Å². The van der Waals surface area contributed by atoms with E-state index in [2.05, 4.69) is 4.90 Å². The molecule has 2 fully saturated rings. The van der Waals surface area contributed by atoms with E-state index in [-0.39, 0.29) is 12.1 Å². The standard InChI is InChI=1S/C15H29N3O3/c1-15(2,3)21-14(19)17-6-7-18(13(10-16)11-17)12-4-8-20-9-5-12/h12-13H,4-11,16H2,1-3H3. The lowest BCUT2D eigenvalue weighted by atomic mass is 10.0. The highest BCUT2D eigenvalue weighted by atomic mass is 16.6. The fourth-order valence-electron chi connectivity index (χ4n) is 3.07. The van der Waals surface area contributed by atoms with Crippen molar-refractivity contribution in [2.75, 3.05) is 39.4 Å². The Morgan fingerprint density at radius 1 is 1.29 bits per heavy atom. The molecule has 1 atom stereocenters. The Hall–Kier alpha value is -0.850. The Morgan fingerprint density at radius 3 is 2.52 bits per heavy atom. The Labute approximate surface area is 127 Å². The summed E-state index contributed by atoms with van der Waals surface area (Å²) in [6.07, 6.45) is 1.89. The van der Waals surface area contributed by atoms with Crippen molar-refractivity contribution in [3.05, 3.63) is 0 Å². The van der Waals surface area contributed by atoms with E-state index in [1.165, 1.54) is 0 Å². The number of carbonyl (C=O) groups is 1. The van der Waals surface area contributed by atoms with Crippen LogP contribution in [0.5, 0.6) is 0 Å². The molecule has 2 N–H and O–H groups in total. The molecule has 2 aliphatic rings. The van der Waals surface area contributed by atoms with Gasteiger partial charge in [-0.15, -0.1) is 0 Å². The van der Waals surface area contributed by atoms with Crippen LogP contribution in [-0.2, 0) is 9.47 Å². The van der Waals surface area contributed by atoms with Crippen molar-refractivity contribution in [3.8, 4) is 0 Å². The number of rotatable bonds is 2. The summed E-state index contributed by atoms with van der Waals surface area (Å²) in [4.78, 5) is 16.4. The minimum Gasteiger partial charge on any atom is -0.444 e. The van der Waals surface area contributed by atoms with E-state index in [0.29, 0.717) is 25.7 Å². The number of amides is 1. The van der Waals surface area contributed by atoms with Gasteiger partial charge in [0.05, 0.1) is 0 Å². The second-order valence-electron chi connectivity index (χ2n) is 6.90. The van der Waals surface area contributed by atoms with Gasteiger partial charge in [0.2, 0.25) is 0 Å². The monoisotopic (exact) mass is 299 g/mol. The van der Waals surface area contributed by atoms with Crippen LogP contribution in [0.1, 0.15) is 33.6 Å². The molecule has 0 saturated carbocycles. The average molecular weight is 299 g/mol. The third-order valence-corrected chi connectivity index (χ3v) is 4.11. The first-order valence-electron chi connectivity index (χ1n) is 7.92. The number of carbonyl (C=O) groups excluding carboxylic acids is 1. The van der Waals surface area contributed by atoms with E-state index in [9.17, 15) is 4.79 Å². The molecular weight excluding hydrogens is 270 g/mol. The second-order valence-corrected chi connectivity index (χ2v) is 6.90. The van der Waals surface area contributed by atoms with Crippen LogP contribution in [0.25, 0.3) is 0 Å². The van der Waals surface area contributed by atoms with Crippen LogP contribution in [0.2, 0.25) is 0 Å². The largest absolute Gasteiger partial charge is 0.444 e. The SMILES string of the molecule is CC(C)(C)OC(=O)N1CCN(C2CCOCC2)C(CN)C1. The lowest BCUT2D eigenvalue weighted by Crippen LogP contribution is -2.61. The third-order valence-electron chi connectivity index (χ3n) is 4.11. The highest BCUT2D eigenvalue weighted by Crippen LogP contribution is 2.21. The van der Waals surface area contributed by atoms with Gasteiger partial charge in [0, 0.05) is 51.5 Å². The summed E-state index contributed by atoms with van der Waals surface area (Å²) in [7, 11) is 0. The highest BCUT2D eigenvalue weighted by Gasteiger charge is 2.35. The summed E-state index contributed by atoms with van der Waals surface area (Å²) in [5.74, 6) is 0. The van der Waals surface area contributed by atoms with Crippen molar-refractivity contribution in [2.24, 2.45) is 5.73 Å². The van der Waals surface area contributed by atoms with Gasteiger partial charge in [0.1, 0.15) is 5.60 Å². The molecule has 2 saturated heterocycles. The molecule has 0 aliphatic carbocycles. The zero-order valence-electron chi connectivity index (χ0n) is 13.5. The fraction of sp³-hybridized carbons (Fsp3) is 0.933. The van der Waals surface area contributed by atoms with E-state index < -0.39 is 5.60 Å². The van der Waals surface area contributed by atoms with Crippen molar-refractivity contribution in [1.82, 2.24) is 9.80 Å². The maximum Gasteiger partial charge on any atom is 0.410 e. The Bertz CT molecular complexity index is 351. The second kappa shape index (κ2) is 6.94. The number of hydrogen-bond donors (Lipinski definition) is 1.